The van der Waals surface area contributed by atoms with Crippen molar-refractivity contribution in [1.29, 1.82) is 0 Å². The van der Waals surface area contributed by atoms with E-state index in [9.17, 15) is 4.79 Å². The van der Waals surface area contributed by atoms with Crippen LogP contribution in [0.4, 0.5) is 0 Å². The van der Waals surface area contributed by atoms with Gasteiger partial charge >= 0.3 is 5.97 Å². The fraction of sp³-hybridized carbons (Fsp3) is 0.923. The van der Waals surface area contributed by atoms with E-state index in [4.69, 9.17) is 4.74 Å². The van der Waals surface area contributed by atoms with Crippen LogP contribution >= 0.6 is 0 Å². The Hall–Kier alpha value is -0.570. The standard InChI is InChI=1S/C13H23NO2/c15-13(12-7-4-8-14-9-12)16-10-11-5-2-1-3-6-11/h11-12,14H,1-10H2/t12-/m1/s1. The van der Waals surface area contributed by atoms with Gasteiger partial charge in [0.1, 0.15) is 0 Å². The van der Waals surface area contributed by atoms with Gasteiger partial charge in [0.25, 0.3) is 0 Å². The summed E-state index contributed by atoms with van der Waals surface area (Å²) in [6, 6.07) is 0. The van der Waals surface area contributed by atoms with Crippen LogP contribution in [-0.2, 0) is 9.53 Å². The molecule has 1 atom stereocenters. The molecule has 0 bridgehead atoms. The lowest BCUT2D eigenvalue weighted by molar-refractivity contribution is -0.150. The number of nitrogens with one attached hydrogen (secondary N) is 1. The van der Waals surface area contributed by atoms with Crippen LogP contribution in [-0.4, -0.2) is 25.7 Å². The molecule has 0 spiro atoms. The number of hydrogen-bond donors (Lipinski definition) is 1. The Balaban J connectivity index is 1.65. The van der Waals surface area contributed by atoms with E-state index in [1.54, 1.807) is 0 Å². The number of ether oxygens (including phenoxy) is 1. The summed E-state index contributed by atoms with van der Waals surface area (Å²) in [4.78, 5) is 11.8. The molecule has 1 aliphatic heterocycles. The molecular formula is C13H23NO2. The summed E-state index contributed by atoms with van der Waals surface area (Å²) < 4.78 is 5.44. The number of rotatable bonds is 3. The summed E-state index contributed by atoms with van der Waals surface area (Å²) in [6.07, 6.45) is 8.57. The van der Waals surface area contributed by atoms with Crippen LogP contribution < -0.4 is 5.32 Å². The lowest BCUT2D eigenvalue weighted by atomic mass is 9.90. The molecule has 0 amide bonds. The summed E-state index contributed by atoms with van der Waals surface area (Å²) in [5.74, 6) is 0.768. The SMILES string of the molecule is O=C(OCC1CCCCC1)[C@@H]1CCCNC1. The minimum atomic E-state index is 0.0257. The van der Waals surface area contributed by atoms with Crippen molar-refractivity contribution < 1.29 is 9.53 Å². The summed E-state index contributed by atoms with van der Waals surface area (Å²) in [7, 11) is 0. The maximum Gasteiger partial charge on any atom is 0.310 e. The van der Waals surface area contributed by atoms with Crippen molar-refractivity contribution in [2.75, 3.05) is 19.7 Å². The molecule has 0 unspecified atom stereocenters. The second-order valence-corrected chi connectivity index (χ2v) is 5.18. The molecule has 0 aromatic rings. The molecule has 3 nitrogen and oxygen atoms in total. The highest BCUT2D eigenvalue weighted by Gasteiger charge is 2.23. The number of hydrogen-bond acceptors (Lipinski definition) is 3. The van der Waals surface area contributed by atoms with E-state index in [-0.39, 0.29) is 11.9 Å². The van der Waals surface area contributed by atoms with Crippen LogP contribution in [0, 0.1) is 11.8 Å². The van der Waals surface area contributed by atoms with Gasteiger partial charge in [-0.1, -0.05) is 19.3 Å². The molecular weight excluding hydrogens is 202 g/mol. The second-order valence-electron chi connectivity index (χ2n) is 5.18. The van der Waals surface area contributed by atoms with Gasteiger partial charge in [0.2, 0.25) is 0 Å². The van der Waals surface area contributed by atoms with Crippen molar-refractivity contribution in [2.45, 2.75) is 44.9 Å². The molecule has 0 aromatic heterocycles. The van der Waals surface area contributed by atoms with Gasteiger partial charge in [0.15, 0.2) is 0 Å². The molecule has 2 fully saturated rings. The molecule has 16 heavy (non-hydrogen) atoms. The van der Waals surface area contributed by atoms with Crippen molar-refractivity contribution in [3.8, 4) is 0 Å². The fourth-order valence-corrected chi connectivity index (χ4v) is 2.72. The average molecular weight is 225 g/mol. The average Bonchev–Trinajstić information content (AvgIpc) is 2.38. The Kier molecular flexibility index (Phi) is 4.64. The van der Waals surface area contributed by atoms with Crippen molar-refractivity contribution in [2.24, 2.45) is 11.8 Å². The second kappa shape index (κ2) is 6.24. The van der Waals surface area contributed by atoms with Crippen LogP contribution in [0.1, 0.15) is 44.9 Å². The van der Waals surface area contributed by atoms with E-state index in [1.165, 1.54) is 32.1 Å². The molecule has 2 aliphatic rings. The summed E-state index contributed by atoms with van der Waals surface area (Å²) in [5, 5.41) is 3.25. The van der Waals surface area contributed by atoms with Gasteiger partial charge in [-0.3, -0.25) is 4.79 Å². The fourth-order valence-electron chi connectivity index (χ4n) is 2.72. The Morgan fingerprint density at radius 2 is 1.94 bits per heavy atom. The van der Waals surface area contributed by atoms with Crippen LogP contribution in [0.15, 0.2) is 0 Å². The molecule has 1 N–H and O–H groups in total. The zero-order chi connectivity index (χ0) is 11.2. The number of esters is 1. The minimum Gasteiger partial charge on any atom is -0.465 e. The molecule has 0 radical (unpaired) electrons. The van der Waals surface area contributed by atoms with E-state index < -0.39 is 0 Å². The Morgan fingerprint density at radius 1 is 1.12 bits per heavy atom. The van der Waals surface area contributed by atoms with Gasteiger partial charge in [-0.15, -0.1) is 0 Å². The van der Waals surface area contributed by atoms with Crippen LogP contribution in [0.5, 0.6) is 0 Å². The first-order valence-corrected chi connectivity index (χ1v) is 6.73. The number of piperidine rings is 1. The third-order valence-corrected chi connectivity index (χ3v) is 3.82. The summed E-state index contributed by atoms with van der Waals surface area (Å²) >= 11 is 0. The van der Waals surface area contributed by atoms with E-state index in [0.29, 0.717) is 12.5 Å². The Bertz CT molecular complexity index is 218. The van der Waals surface area contributed by atoms with Gasteiger partial charge < -0.3 is 10.1 Å². The third kappa shape index (κ3) is 3.48. The third-order valence-electron chi connectivity index (χ3n) is 3.82. The van der Waals surface area contributed by atoms with E-state index in [1.807, 2.05) is 0 Å². The molecule has 2 rings (SSSR count). The Morgan fingerprint density at radius 3 is 2.62 bits per heavy atom. The number of carbonyl (C=O) groups excluding carboxylic acids is 1. The van der Waals surface area contributed by atoms with Gasteiger partial charge in [-0.25, -0.2) is 0 Å². The molecule has 3 heteroatoms. The van der Waals surface area contributed by atoms with Gasteiger partial charge in [0, 0.05) is 6.54 Å². The Labute approximate surface area is 97.9 Å². The molecule has 1 saturated heterocycles. The predicted molar refractivity (Wildman–Crippen MR) is 63.1 cm³/mol. The van der Waals surface area contributed by atoms with Crippen molar-refractivity contribution >= 4 is 5.97 Å². The van der Waals surface area contributed by atoms with Crippen LogP contribution in [0.2, 0.25) is 0 Å². The summed E-state index contributed by atoms with van der Waals surface area (Å²) in [6.45, 7) is 2.52. The van der Waals surface area contributed by atoms with E-state index in [0.717, 1.165) is 25.9 Å². The maximum atomic E-state index is 11.8. The quantitative estimate of drug-likeness (QED) is 0.748. The zero-order valence-corrected chi connectivity index (χ0v) is 10.0. The van der Waals surface area contributed by atoms with Gasteiger partial charge in [-0.2, -0.15) is 0 Å². The van der Waals surface area contributed by atoms with Crippen molar-refractivity contribution in [3.63, 3.8) is 0 Å². The zero-order valence-electron chi connectivity index (χ0n) is 10.0. The maximum absolute atomic E-state index is 11.8. The lowest BCUT2D eigenvalue weighted by Gasteiger charge is -2.24. The largest absolute Gasteiger partial charge is 0.465 e. The lowest BCUT2D eigenvalue weighted by Crippen LogP contribution is -2.36. The highest BCUT2D eigenvalue weighted by Crippen LogP contribution is 2.24. The minimum absolute atomic E-state index is 0.0257. The number of carbonyl (C=O) groups is 1. The van der Waals surface area contributed by atoms with Gasteiger partial charge in [-0.05, 0) is 38.1 Å². The summed E-state index contributed by atoms with van der Waals surface area (Å²) in [5.41, 5.74) is 0. The highest BCUT2D eigenvalue weighted by molar-refractivity contribution is 5.72. The van der Waals surface area contributed by atoms with E-state index >= 15 is 0 Å². The smallest absolute Gasteiger partial charge is 0.310 e. The first-order valence-electron chi connectivity index (χ1n) is 6.73. The van der Waals surface area contributed by atoms with Gasteiger partial charge in [0.05, 0.1) is 12.5 Å². The first kappa shape index (κ1) is 11.9. The predicted octanol–water partition coefficient (Wildman–Crippen LogP) is 2.11. The molecule has 0 aromatic carbocycles. The molecule has 92 valence electrons. The topological polar surface area (TPSA) is 38.3 Å². The van der Waals surface area contributed by atoms with Crippen molar-refractivity contribution in [1.82, 2.24) is 5.32 Å². The normalized spacial score (nSPS) is 27.6. The van der Waals surface area contributed by atoms with E-state index in [2.05, 4.69) is 5.32 Å². The molecule has 1 saturated carbocycles. The molecule has 1 aliphatic carbocycles. The van der Waals surface area contributed by atoms with Crippen LogP contribution in [0.25, 0.3) is 0 Å². The monoisotopic (exact) mass is 225 g/mol. The molecule has 1 heterocycles. The van der Waals surface area contributed by atoms with Crippen LogP contribution in [0.3, 0.4) is 0 Å². The highest BCUT2D eigenvalue weighted by atomic mass is 16.5. The first-order chi connectivity index (χ1) is 7.86. The van der Waals surface area contributed by atoms with Crippen molar-refractivity contribution in [3.05, 3.63) is 0 Å².